The zero-order valence-electron chi connectivity index (χ0n) is 18.7. The van der Waals surface area contributed by atoms with Crippen molar-refractivity contribution in [3.05, 3.63) is 53.1 Å². The van der Waals surface area contributed by atoms with Gasteiger partial charge in [-0.3, -0.25) is 5.41 Å². The van der Waals surface area contributed by atoms with Gasteiger partial charge in [-0.2, -0.15) is 0 Å². The summed E-state index contributed by atoms with van der Waals surface area (Å²) < 4.78 is 11.0. The molecule has 0 amide bonds. The third-order valence-electron chi connectivity index (χ3n) is 5.22. The number of ether oxygens (including phenoxy) is 2. The van der Waals surface area contributed by atoms with Crippen LogP contribution in [0, 0.1) is 12.3 Å². The van der Waals surface area contributed by atoms with Crippen molar-refractivity contribution in [1.82, 2.24) is 4.90 Å². The first kappa shape index (κ1) is 22.8. The molecule has 0 radical (unpaired) electrons. The number of anilines is 1. The highest BCUT2D eigenvalue weighted by Crippen LogP contribution is 2.31. The van der Waals surface area contributed by atoms with Crippen LogP contribution in [-0.2, 0) is 13.0 Å². The average Bonchev–Trinajstić information content (AvgIpc) is 2.71. The van der Waals surface area contributed by atoms with Crippen LogP contribution in [0.25, 0.3) is 0 Å². The van der Waals surface area contributed by atoms with Crippen LogP contribution in [0.15, 0.2) is 36.4 Å². The Morgan fingerprint density at radius 1 is 1.00 bits per heavy atom. The van der Waals surface area contributed by atoms with E-state index in [-0.39, 0.29) is 0 Å². The molecule has 0 unspecified atom stereocenters. The summed E-state index contributed by atoms with van der Waals surface area (Å²) in [5, 5.41) is 8.30. The van der Waals surface area contributed by atoms with Gasteiger partial charge in [-0.05, 0) is 57.5 Å². The Bertz CT molecular complexity index is 820. The van der Waals surface area contributed by atoms with Gasteiger partial charge >= 0.3 is 0 Å². The molecule has 0 aliphatic carbocycles. The average molecular weight is 398 g/mol. The zero-order valence-corrected chi connectivity index (χ0v) is 18.7. The number of nitrogens with one attached hydrogen (secondary N) is 1. The molecule has 29 heavy (non-hydrogen) atoms. The van der Waals surface area contributed by atoms with Gasteiger partial charge in [-0.25, -0.2) is 0 Å². The van der Waals surface area contributed by atoms with Crippen molar-refractivity contribution in [2.75, 3.05) is 39.3 Å². The summed E-state index contributed by atoms with van der Waals surface area (Å²) in [6.45, 7) is 8.71. The van der Waals surface area contributed by atoms with E-state index in [1.165, 1.54) is 16.8 Å². The van der Waals surface area contributed by atoms with Gasteiger partial charge in [0.25, 0.3) is 0 Å². The zero-order chi connectivity index (χ0) is 21.4. The Hall–Kier alpha value is -2.53. The van der Waals surface area contributed by atoms with Crippen LogP contribution in [0.5, 0.6) is 11.5 Å². The van der Waals surface area contributed by atoms with E-state index in [0.29, 0.717) is 5.84 Å². The minimum Gasteiger partial charge on any atom is -0.493 e. The third kappa shape index (κ3) is 5.73. The second-order valence-electron chi connectivity index (χ2n) is 7.42. The molecular weight excluding hydrogens is 362 g/mol. The molecule has 0 aliphatic heterocycles. The number of hydrogen-bond donors (Lipinski definition) is 1. The Morgan fingerprint density at radius 3 is 2.31 bits per heavy atom. The highest BCUT2D eigenvalue weighted by Gasteiger charge is 2.16. The Kier molecular flexibility index (Phi) is 8.52. The van der Waals surface area contributed by atoms with E-state index in [9.17, 15) is 0 Å². The topological polar surface area (TPSA) is 48.8 Å². The lowest BCUT2D eigenvalue weighted by Gasteiger charge is -2.28. The van der Waals surface area contributed by atoms with Crippen LogP contribution in [-0.4, -0.2) is 45.1 Å². The number of para-hydroxylation sites is 2. The van der Waals surface area contributed by atoms with Crippen molar-refractivity contribution in [2.45, 2.75) is 40.2 Å². The van der Waals surface area contributed by atoms with Crippen molar-refractivity contribution >= 4 is 11.5 Å². The molecule has 0 spiro atoms. The number of hydrogen-bond acceptors (Lipinski definition) is 4. The van der Waals surface area contributed by atoms with Crippen molar-refractivity contribution in [3.63, 3.8) is 0 Å². The summed E-state index contributed by atoms with van der Waals surface area (Å²) in [6.07, 6.45) is 1.94. The molecular formula is C24H35N3O2. The van der Waals surface area contributed by atoms with Gasteiger partial charge in [0.2, 0.25) is 0 Å². The van der Waals surface area contributed by atoms with Gasteiger partial charge in [-0.15, -0.1) is 0 Å². The largest absolute Gasteiger partial charge is 0.493 e. The third-order valence-corrected chi connectivity index (χ3v) is 5.22. The van der Waals surface area contributed by atoms with E-state index in [1.807, 2.05) is 19.1 Å². The first-order valence-electron chi connectivity index (χ1n) is 10.2. The fraction of sp³-hybridized carbons (Fsp3) is 0.458. The molecule has 0 aromatic heterocycles. The maximum Gasteiger partial charge on any atom is 0.165 e. The lowest BCUT2D eigenvalue weighted by Crippen LogP contribution is -2.33. The number of nitrogens with zero attached hydrogens (tertiary/aromatic N) is 2. The van der Waals surface area contributed by atoms with Gasteiger partial charge in [0, 0.05) is 24.3 Å². The molecule has 0 saturated heterocycles. The van der Waals surface area contributed by atoms with Crippen LogP contribution in [0.4, 0.5) is 5.69 Å². The quantitative estimate of drug-likeness (QED) is 0.458. The Balaban J connectivity index is 2.03. The fourth-order valence-corrected chi connectivity index (χ4v) is 3.79. The van der Waals surface area contributed by atoms with Crippen LogP contribution >= 0.6 is 0 Å². The maximum absolute atomic E-state index is 8.30. The normalized spacial score (nSPS) is 10.9. The molecule has 0 saturated carbocycles. The van der Waals surface area contributed by atoms with Crippen LogP contribution < -0.4 is 14.4 Å². The predicted octanol–water partition coefficient (Wildman–Crippen LogP) is 4.90. The van der Waals surface area contributed by atoms with Crippen molar-refractivity contribution < 1.29 is 9.47 Å². The van der Waals surface area contributed by atoms with E-state index < -0.39 is 0 Å². The molecule has 2 aromatic carbocycles. The van der Waals surface area contributed by atoms with Crippen LogP contribution in [0.2, 0.25) is 0 Å². The van der Waals surface area contributed by atoms with Crippen molar-refractivity contribution in [2.24, 2.45) is 0 Å². The number of aryl methyl sites for hydroxylation is 2. The molecule has 2 rings (SSSR count). The maximum atomic E-state index is 8.30. The molecule has 0 atom stereocenters. The molecule has 5 heteroatoms. The molecule has 0 fully saturated rings. The summed E-state index contributed by atoms with van der Waals surface area (Å²) in [5.41, 5.74) is 4.83. The second-order valence-corrected chi connectivity index (χ2v) is 7.42. The summed E-state index contributed by atoms with van der Waals surface area (Å²) in [5.74, 6) is 2.15. The van der Waals surface area contributed by atoms with Crippen LogP contribution in [0.3, 0.4) is 0 Å². The Labute approximate surface area is 175 Å². The van der Waals surface area contributed by atoms with Gasteiger partial charge in [0.05, 0.1) is 20.1 Å². The monoisotopic (exact) mass is 397 g/mol. The first-order chi connectivity index (χ1) is 13.9. The summed E-state index contributed by atoms with van der Waals surface area (Å²) >= 11 is 0. The van der Waals surface area contributed by atoms with Gasteiger partial charge in [-0.1, -0.05) is 37.3 Å². The van der Waals surface area contributed by atoms with Gasteiger partial charge < -0.3 is 19.3 Å². The molecule has 0 bridgehead atoms. The summed E-state index contributed by atoms with van der Waals surface area (Å²) in [4.78, 5) is 4.43. The minimum absolute atomic E-state index is 0.589. The van der Waals surface area contributed by atoms with E-state index in [2.05, 4.69) is 55.0 Å². The lowest BCUT2D eigenvalue weighted by molar-refractivity contribution is 0.307. The molecule has 0 aliphatic rings. The van der Waals surface area contributed by atoms with Gasteiger partial charge in [0.1, 0.15) is 0 Å². The summed E-state index contributed by atoms with van der Waals surface area (Å²) in [6, 6.07) is 12.4. The predicted molar refractivity (Wildman–Crippen MR) is 122 cm³/mol. The smallest absolute Gasteiger partial charge is 0.165 e. The van der Waals surface area contributed by atoms with E-state index in [1.54, 1.807) is 14.2 Å². The van der Waals surface area contributed by atoms with Crippen molar-refractivity contribution in [1.29, 1.82) is 5.41 Å². The highest BCUT2D eigenvalue weighted by molar-refractivity contribution is 5.95. The number of rotatable bonds is 10. The van der Waals surface area contributed by atoms with Crippen molar-refractivity contribution in [3.8, 4) is 11.5 Å². The van der Waals surface area contributed by atoms with Gasteiger partial charge in [0.15, 0.2) is 11.5 Å². The number of amidine groups is 1. The molecule has 2 aromatic rings. The molecule has 5 nitrogen and oxygen atoms in total. The molecule has 1 N–H and O–H groups in total. The first-order valence-corrected chi connectivity index (χ1v) is 10.2. The summed E-state index contributed by atoms with van der Waals surface area (Å²) in [7, 11) is 5.46. The van der Waals surface area contributed by atoms with E-state index in [0.717, 1.165) is 49.5 Å². The minimum atomic E-state index is 0.589. The highest BCUT2D eigenvalue weighted by atomic mass is 16.5. The molecule has 0 heterocycles. The van der Waals surface area contributed by atoms with Crippen LogP contribution in [0.1, 0.15) is 37.0 Å². The SMILES string of the molecule is CCc1cccc(C)c1N(CCCN(C)Cc1cccc(OC)c1OC)C(C)=N. The molecule has 158 valence electrons. The second kappa shape index (κ2) is 10.9. The van der Waals surface area contributed by atoms with E-state index >= 15 is 0 Å². The van der Waals surface area contributed by atoms with E-state index in [4.69, 9.17) is 14.9 Å². The Morgan fingerprint density at radius 2 is 1.69 bits per heavy atom. The fourth-order valence-electron chi connectivity index (χ4n) is 3.79. The lowest BCUT2D eigenvalue weighted by atomic mass is 10.0. The standard InChI is InChI=1S/C24H35N3O2/c1-7-20-12-8-11-18(2)23(20)27(19(3)25)16-10-15-26(4)17-21-13-9-14-22(28-5)24(21)29-6/h8-9,11-14,25H,7,10,15-17H2,1-6H3. The number of benzene rings is 2. The number of methoxy groups -OCH3 is 2.